The molecule has 4 aliphatic rings. The van der Waals surface area contributed by atoms with Crippen LogP contribution >= 0.6 is 0 Å². The summed E-state index contributed by atoms with van der Waals surface area (Å²) < 4.78 is 0. The fraction of sp³-hybridized carbons (Fsp3) is 0.714. The number of carbonyl (C=O) groups excluding carboxylic acids is 2. The van der Waals surface area contributed by atoms with E-state index in [4.69, 9.17) is 5.11 Å². The zero-order valence-corrected chi connectivity index (χ0v) is 20.7. The molecule has 3 fully saturated rings. The summed E-state index contributed by atoms with van der Waals surface area (Å²) in [6.07, 6.45) is 10.2. The molecular weight excluding hydrogens is 432 g/mol. The number of rotatable bonds is 8. The summed E-state index contributed by atoms with van der Waals surface area (Å²) in [5, 5.41) is 18.5. The first-order chi connectivity index (χ1) is 15.9. The van der Waals surface area contributed by atoms with Crippen LogP contribution in [0.15, 0.2) is 23.3 Å². The molecule has 0 aromatic rings. The average Bonchev–Trinajstić information content (AvgIpc) is 3.06. The average molecular weight is 471 g/mol. The van der Waals surface area contributed by atoms with Crippen molar-refractivity contribution in [2.45, 2.75) is 91.4 Å². The summed E-state index contributed by atoms with van der Waals surface area (Å²) in [7, 11) is 0. The predicted molar refractivity (Wildman–Crippen MR) is 127 cm³/mol. The van der Waals surface area contributed by atoms with Crippen LogP contribution in [-0.2, 0) is 19.2 Å². The second kappa shape index (κ2) is 8.76. The Morgan fingerprint density at radius 3 is 2.32 bits per heavy atom. The molecule has 6 atom stereocenters. The maximum atomic E-state index is 13.7. The standard InChI is InChI=1S/C28H38O6/c1-17-16-26(2)18(15-22(17)29)7-8-19-20(26)9-12-27(3)21(19)10-13-28(27,14-11-25(33)34)23(30)5-4-6-24(31)32/h15-16,19-21H,4-14H2,1-3H3,(H,31,32)(H,33,34)/t19-,20+,21+,26+,27+,28+/m1/s1. The maximum absolute atomic E-state index is 13.7. The van der Waals surface area contributed by atoms with Crippen molar-refractivity contribution in [2.24, 2.45) is 34.0 Å². The van der Waals surface area contributed by atoms with Gasteiger partial charge in [0.2, 0.25) is 0 Å². The Hall–Kier alpha value is -2.24. The molecule has 0 aromatic carbocycles. The van der Waals surface area contributed by atoms with Crippen LogP contribution < -0.4 is 0 Å². The molecule has 4 rings (SSSR count). The summed E-state index contributed by atoms with van der Waals surface area (Å²) >= 11 is 0. The third kappa shape index (κ3) is 3.77. The lowest BCUT2D eigenvalue weighted by Gasteiger charge is -2.59. The number of hydrogen-bond acceptors (Lipinski definition) is 4. The van der Waals surface area contributed by atoms with Crippen molar-refractivity contribution in [3.8, 4) is 0 Å². The Morgan fingerprint density at radius 2 is 1.65 bits per heavy atom. The molecule has 0 amide bonds. The SMILES string of the molecule is CC1=C[C@@]2(C)C(=CC1=O)CC[C@@H]1[C@@H]2CC[C@@]2(C)[C@H]1CC[C@]2(CCC(=O)O)C(=O)CCCC(=O)O. The van der Waals surface area contributed by atoms with Crippen molar-refractivity contribution in [2.75, 3.05) is 0 Å². The van der Waals surface area contributed by atoms with E-state index >= 15 is 0 Å². The van der Waals surface area contributed by atoms with Crippen LogP contribution in [0.5, 0.6) is 0 Å². The van der Waals surface area contributed by atoms with Gasteiger partial charge in [0.05, 0.1) is 0 Å². The van der Waals surface area contributed by atoms with Gasteiger partial charge in [-0.1, -0.05) is 25.5 Å². The van der Waals surface area contributed by atoms with Gasteiger partial charge >= 0.3 is 11.9 Å². The van der Waals surface area contributed by atoms with Gasteiger partial charge in [-0.3, -0.25) is 19.2 Å². The van der Waals surface area contributed by atoms with E-state index in [0.717, 1.165) is 37.7 Å². The third-order valence-electron chi connectivity index (χ3n) is 10.3. The van der Waals surface area contributed by atoms with Crippen LogP contribution in [0.2, 0.25) is 0 Å². The van der Waals surface area contributed by atoms with Gasteiger partial charge in [-0.15, -0.1) is 0 Å². The molecule has 34 heavy (non-hydrogen) atoms. The van der Waals surface area contributed by atoms with Crippen molar-refractivity contribution >= 4 is 23.5 Å². The predicted octanol–water partition coefficient (Wildman–Crippen LogP) is 5.36. The van der Waals surface area contributed by atoms with E-state index in [2.05, 4.69) is 19.9 Å². The minimum atomic E-state index is -0.906. The van der Waals surface area contributed by atoms with Crippen molar-refractivity contribution in [3.63, 3.8) is 0 Å². The van der Waals surface area contributed by atoms with E-state index in [-0.39, 0.29) is 41.7 Å². The molecule has 0 aliphatic heterocycles. The molecule has 0 heterocycles. The lowest BCUT2D eigenvalue weighted by Crippen LogP contribution is -2.54. The van der Waals surface area contributed by atoms with Gasteiger partial charge in [0.15, 0.2) is 5.78 Å². The van der Waals surface area contributed by atoms with Crippen molar-refractivity contribution < 1.29 is 29.4 Å². The van der Waals surface area contributed by atoms with Crippen molar-refractivity contribution in [1.82, 2.24) is 0 Å². The van der Waals surface area contributed by atoms with Crippen LogP contribution in [0.1, 0.15) is 91.4 Å². The largest absolute Gasteiger partial charge is 0.481 e. The smallest absolute Gasteiger partial charge is 0.303 e. The number of allylic oxidation sites excluding steroid dienone is 4. The molecule has 3 saturated carbocycles. The summed E-state index contributed by atoms with van der Waals surface area (Å²) in [6, 6.07) is 0. The summed E-state index contributed by atoms with van der Waals surface area (Å²) in [4.78, 5) is 48.6. The van der Waals surface area contributed by atoms with E-state index in [9.17, 15) is 24.3 Å². The second-order valence-electron chi connectivity index (χ2n) is 11.7. The normalized spacial score (nSPS) is 38.8. The topological polar surface area (TPSA) is 109 Å². The minimum absolute atomic E-state index is 0.0320. The number of carboxylic acids is 2. The summed E-state index contributed by atoms with van der Waals surface area (Å²) in [5.41, 5.74) is 0.972. The Bertz CT molecular complexity index is 975. The van der Waals surface area contributed by atoms with Crippen LogP contribution in [-0.4, -0.2) is 33.7 Å². The molecule has 0 aromatic heterocycles. The molecule has 0 radical (unpaired) electrons. The van der Waals surface area contributed by atoms with Crippen LogP contribution in [0.25, 0.3) is 0 Å². The molecule has 0 saturated heterocycles. The highest BCUT2D eigenvalue weighted by Crippen LogP contribution is 2.71. The number of ketones is 2. The zero-order valence-electron chi connectivity index (χ0n) is 20.7. The number of Topliss-reactive ketones (excluding diaryl/α,β-unsaturated/α-hetero) is 1. The van der Waals surface area contributed by atoms with Crippen LogP contribution in [0.4, 0.5) is 0 Å². The number of aliphatic carboxylic acids is 2. The van der Waals surface area contributed by atoms with Crippen molar-refractivity contribution in [1.29, 1.82) is 0 Å². The molecule has 4 aliphatic carbocycles. The maximum Gasteiger partial charge on any atom is 0.303 e. The molecule has 186 valence electrons. The van der Waals surface area contributed by atoms with E-state index in [1.807, 2.05) is 13.0 Å². The van der Waals surface area contributed by atoms with E-state index in [1.165, 1.54) is 5.57 Å². The van der Waals surface area contributed by atoms with Gasteiger partial charge in [-0.25, -0.2) is 0 Å². The number of hydrogen-bond donors (Lipinski definition) is 2. The minimum Gasteiger partial charge on any atom is -0.481 e. The van der Waals surface area contributed by atoms with Crippen LogP contribution in [0.3, 0.4) is 0 Å². The summed E-state index contributed by atoms with van der Waals surface area (Å²) in [5.74, 6) is -0.397. The van der Waals surface area contributed by atoms with Gasteiger partial charge in [0.25, 0.3) is 0 Å². The third-order valence-corrected chi connectivity index (χ3v) is 10.3. The Kier molecular flexibility index (Phi) is 6.41. The fourth-order valence-electron chi connectivity index (χ4n) is 8.59. The molecule has 6 heteroatoms. The van der Waals surface area contributed by atoms with Gasteiger partial charge < -0.3 is 10.2 Å². The number of carboxylic acid groups (broad SMARTS) is 2. The highest BCUT2D eigenvalue weighted by Gasteiger charge is 2.65. The summed E-state index contributed by atoms with van der Waals surface area (Å²) in [6.45, 7) is 6.40. The van der Waals surface area contributed by atoms with Gasteiger partial charge in [0, 0.05) is 30.1 Å². The fourth-order valence-corrected chi connectivity index (χ4v) is 8.59. The van der Waals surface area contributed by atoms with E-state index in [0.29, 0.717) is 37.0 Å². The number of fused-ring (bicyclic) bond motifs is 5. The van der Waals surface area contributed by atoms with Crippen LogP contribution in [0, 0.1) is 34.0 Å². The first kappa shape index (κ1) is 24.9. The lowest BCUT2D eigenvalue weighted by atomic mass is 9.45. The van der Waals surface area contributed by atoms with Gasteiger partial charge in [0.1, 0.15) is 5.78 Å². The number of carbonyl (C=O) groups is 4. The van der Waals surface area contributed by atoms with E-state index in [1.54, 1.807) is 0 Å². The first-order valence-electron chi connectivity index (χ1n) is 12.9. The quantitative estimate of drug-likeness (QED) is 0.494. The van der Waals surface area contributed by atoms with E-state index < -0.39 is 17.4 Å². The zero-order chi connectivity index (χ0) is 24.9. The molecule has 0 unspecified atom stereocenters. The second-order valence-corrected chi connectivity index (χ2v) is 11.7. The Balaban J connectivity index is 1.65. The monoisotopic (exact) mass is 470 g/mol. The molecule has 2 N–H and O–H groups in total. The molecular formula is C28H38O6. The molecule has 6 nitrogen and oxygen atoms in total. The lowest BCUT2D eigenvalue weighted by molar-refractivity contribution is -0.146. The Morgan fingerprint density at radius 1 is 0.971 bits per heavy atom. The molecule has 0 spiro atoms. The highest BCUT2D eigenvalue weighted by atomic mass is 16.4. The highest BCUT2D eigenvalue weighted by molar-refractivity contribution is 6.05. The first-order valence-corrected chi connectivity index (χ1v) is 12.9. The van der Waals surface area contributed by atoms with Gasteiger partial charge in [-0.2, -0.15) is 0 Å². The molecule has 0 bridgehead atoms. The Labute approximate surface area is 201 Å². The van der Waals surface area contributed by atoms with Crippen molar-refractivity contribution in [3.05, 3.63) is 23.3 Å². The van der Waals surface area contributed by atoms with Gasteiger partial charge in [-0.05, 0) is 93.1 Å².